The lowest BCUT2D eigenvalue weighted by Gasteiger charge is -2.15. The highest BCUT2D eigenvalue weighted by atomic mass is 16.3. The fourth-order valence-corrected chi connectivity index (χ4v) is 4.01. The Hall–Kier alpha value is -0.860. The minimum absolute atomic E-state index is 0.0712. The van der Waals surface area contributed by atoms with Crippen LogP contribution in [0.5, 0.6) is 0 Å². The highest BCUT2D eigenvalue weighted by molar-refractivity contribution is 5.18. The highest BCUT2D eigenvalue weighted by Gasteiger charge is 2.62. The summed E-state index contributed by atoms with van der Waals surface area (Å²) in [7, 11) is 0. The first-order valence-corrected chi connectivity index (χ1v) is 9.54. The van der Waals surface area contributed by atoms with Crippen molar-refractivity contribution in [1.29, 1.82) is 0 Å². The van der Waals surface area contributed by atoms with Gasteiger partial charge in [-0.3, -0.25) is 0 Å². The van der Waals surface area contributed by atoms with Crippen molar-refractivity contribution in [1.82, 2.24) is 0 Å². The number of aryl methyl sites for hydroxylation is 1. The van der Waals surface area contributed by atoms with Crippen molar-refractivity contribution in [2.45, 2.75) is 83.3 Å². The van der Waals surface area contributed by atoms with E-state index in [1.807, 2.05) is 18.2 Å². The summed E-state index contributed by atoms with van der Waals surface area (Å²) in [5.74, 6) is 0.295. The van der Waals surface area contributed by atoms with E-state index in [1.54, 1.807) is 0 Å². The third kappa shape index (κ3) is 5.06. The van der Waals surface area contributed by atoms with Crippen molar-refractivity contribution in [3.63, 3.8) is 0 Å². The molecule has 1 aliphatic rings. The number of benzene rings is 1. The monoisotopic (exact) mass is 318 g/mol. The summed E-state index contributed by atoms with van der Waals surface area (Å²) >= 11 is 0. The molecular weight excluding hydrogens is 284 g/mol. The Morgan fingerprint density at radius 3 is 2.39 bits per heavy atom. The maximum atomic E-state index is 10.8. The highest BCUT2D eigenvalue weighted by Crippen LogP contribution is 2.55. The Morgan fingerprint density at radius 2 is 1.70 bits per heavy atom. The molecular formula is C21H34O2. The molecule has 0 bridgehead atoms. The lowest BCUT2D eigenvalue weighted by Crippen LogP contribution is -2.21. The van der Waals surface area contributed by atoms with E-state index in [4.69, 9.17) is 0 Å². The van der Waals surface area contributed by atoms with Crippen LogP contribution in [0.15, 0.2) is 30.3 Å². The van der Waals surface area contributed by atoms with Crippen molar-refractivity contribution >= 4 is 0 Å². The summed E-state index contributed by atoms with van der Waals surface area (Å²) in [5, 5.41) is 21.2. The third-order valence-corrected chi connectivity index (χ3v) is 5.72. The van der Waals surface area contributed by atoms with Crippen LogP contribution >= 0.6 is 0 Å². The second-order valence-electron chi connectivity index (χ2n) is 7.42. The molecule has 4 atom stereocenters. The van der Waals surface area contributed by atoms with Gasteiger partial charge in [0.1, 0.15) is 0 Å². The molecule has 23 heavy (non-hydrogen) atoms. The zero-order chi connectivity index (χ0) is 16.7. The van der Waals surface area contributed by atoms with E-state index >= 15 is 0 Å². The summed E-state index contributed by atoms with van der Waals surface area (Å²) in [6.45, 7) is 4.31. The second-order valence-corrected chi connectivity index (χ2v) is 7.42. The van der Waals surface area contributed by atoms with E-state index in [9.17, 15) is 10.2 Å². The minimum Gasteiger partial charge on any atom is -0.393 e. The van der Waals surface area contributed by atoms with Crippen LogP contribution in [0.2, 0.25) is 0 Å². The number of aliphatic hydroxyl groups excluding tert-OH is 1. The van der Waals surface area contributed by atoms with Crippen LogP contribution in [0.1, 0.15) is 70.8 Å². The van der Waals surface area contributed by atoms with E-state index in [0.29, 0.717) is 0 Å². The molecule has 1 aromatic carbocycles. The quantitative estimate of drug-likeness (QED) is 0.579. The molecule has 0 aliphatic heterocycles. The zero-order valence-electron chi connectivity index (χ0n) is 14.9. The number of unbranched alkanes of at least 4 members (excludes halogenated alkanes) is 5. The van der Waals surface area contributed by atoms with Gasteiger partial charge < -0.3 is 10.2 Å². The van der Waals surface area contributed by atoms with Crippen molar-refractivity contribution in [2.75, 3.05) is 0 Å². The fourth-order valence-electron chi connectivity index (χ4n) is 4.01. The molecule has 0 aromatic heterocycles. The molecule has 0 amide bonds. The van der Waals surface area contributed by atoms with Crippen LogP contribution in [0, 0.1) is 11.8 Å². The van der Waals surface area contributed by atoms with Gasteiger partial charge in [-0.1, -0.05) is 82.7 Å². The lowest BCUT2D eigenvalue weighted by molar-refractivity contribution is 0.0592. The number of hydrogen-bond donors (Lipinski definition) is 2. The van der Waals surface area contributed by atoms with E-state index in [-0.39, 0.29) is 17.9 Å². The number of rotatable bonds is 11. The standard InChI is InChI=1S/C21H34O2/c1-3-4-5-6-7-11-14-19(22)20-17(2)21(20,23)16-15-18-12-9-8-10-13-18/h8-10,12-13,17,19-20,22-23H,3-7,11,14-16H2,1-2H3/t17?,19-,20-,21-/m0/s1. The van der Waals surface area contributed by atoms with Gasteiger partial charge in [-0.15, -0.1) is 0 Å². The first-order valence-electron chi connectivity index (χ1n) is 9.54. The molecule has 2 heteroatoms. The van der Waals surface area contributed by atoms with Crippen LogP contribution in [0.4, 0.5) is 0 Å². The predicted molar refractivity (Wildman–Crippen MR) is 96.4 cm³/mol. The third-order valence-electron chi connectivity index (χ3n) is 5.72. The molecule has 0 radical (unpaired) electrons. The van der Waals surface area contributed by atoms with Crippen LogP contribution in [0.25, 0.3) is 0 Å². The molecule has 2 nitrogen and oxygen atoms in total. The number of hydrogen-bond acceptors (Lipinski definition) is 2. The normalized spacial score (nSPS) is 27.8. The summed E-state index contributed by atoms with van der Waals surface area (Å²) in [6.07, 6.45) is 9.64. The van der Waals surface area contributed by atoms with Crippen LogP contribution in [0.3, 0.4) is 0 Å². The van der Waals surface area contributed by atoms with Gasteiger partial charge in [0.2, 0.25) is 0 Å². The summed E-state index contributed by atoms with van der Waals surface area (Å²) in [4.78, 5) is 0. The van der Waals surface area contributed by atoms with Crippen molar-refractivity contribution in [2.24, 2.45) is 11.8 Å². The Morgan fingerprint density at radius 1 is 1.04 bits per heavy atom. The molecule has 1 aliphatic carbocycles. The molecule has 0 saturated heterocycles. The molecule has 0 spiro atoms. The van der Waals surface area contributed by atoms with Gasteiger partial charge in [-0.2, -0.15) is 0 Å². The fraction of sp³-hybridized carbons (Fsp3) is 0.714. The summed E-state index contributed by atoms with van der Waals surface area (Å²) < 4.78 is 0. The second kappa shape index (κ2) is 8.84. The Labute approximate surface area is 141 Å². The lowest BCUT2D eigenvalue weighted by atomic mass is 9.99. The van der Waals surface area contributed by atoms with Gasteiger partial charge in [0.25, 0.3) is 0 Å². The summed E-state index contributed by atoms with van der Waals surface area (Å²) in [6, 6.07) is 10.3. The van der Waals surface area contributed by atoms with E-state index in [0.717, 1.165) is 25.7 Å². The zero-order valence-corrected chi connectivity index (χ0v) is 14.9. The minimum atomic E-state index is -0.655. The van der Waals surface area contributed by atoms with E-state index in [2.05, 4.69) is 26.0 Å². The Kier molecular flexibility index (Phi) is 7.10. The van der Waals surface area contributed by atoms with Crippen molar-refractivity contribution in [3.8, 4) is 0 Å². The SMILES string of the molecule is CCCCCCCC[C@H](O)[C@@H]1C(C)[C@@]1(O)CCc1ccccc1. The average Bonchev–Trinajstić information content (AvgIpc) is 3.11. The first kappa shape index (κ1) is 18.5. The maximum absolute atomic E-state index is 10.8. The maximum Gasteiger partial charge on any atom is 0.0737 e. The smallest absolute Gasteiger partial charge is 0.0737 e. The number of aliphatic hydroxyl groups is 2. The van der Waals surface area contributed by atoms with Crippen molar-refractivity contribution in [3.05, 3.63) is 35.9 Å². The molecule has 1 saturated carbocycles. The van der Waals surface area contributed by atoms with Gasteiger partial charge in [0.05, 0.1) is 11.7 Å². The van der Waals surface area contributed by atoms with Crippen molar-refractivity contribution < 1.29 is 10.2 Å². The van der Waals surface area contributed by atoms with E-state index in [1.165, 1.54) is 37.7 Å². The van der Waals surface area contributed by atoms with E-state index < -0.39 is 5.60 Å². The predicted octanol–water partition coefficient (Wildman–Crippen LogP) is 4.73. The molecule has 2 rings (SSSR count). The Balaban J connectivity index is 1.69. The molecule has 130 valence electrons. The summed E-state index contributed by atoms with van der Waals surface area (Å²) in [5.41, 5.74) is 0.612. The average molecular weight is 319 g/mol. The largest absolute Gasteiger partial charge is 0.393 e. The first-order chi connectivity index (χ1) is 11.1. The van der Waals surface area contributed by atoms with Gasteiger partial charge in [0.15, 0.2) is 0 Å². The molecule has 0 heterocycles. The van der Waals surface area contributed by atoms with Gasteiger partial charge in [-0.05, 0) is 30.7 Å². The molecule has 1 fully saturated rings. The van der Waals surface area contributed by atoms with Gasteiger partial charge in [0, 0.05) is 5.92 Å². The van der Waals surface area contributed by atoms with Gasteiger partial charge in [-0.25, -0.2) is 0 Å². The van der Waals surface area contributed by atoms with Crippen LogP contribution in [-0.2, 0) is 6.42 Å². The molecule has 1 aromatic rings. The Bertz CT molecular complexity index is 444. The molecule has 2 N–H and O–H groups in total. The van der Waals surface area contributed by atoms with Gasteiger partial charge >= 0.3 is 0 Å². The topological polar surface area (TPSA) is 40.5 Å². The van der Waals surface area contributed by atoms with Crippen LogP contribution < -0.4 is 0 Å². The van der Waals surface area contributed by atoms with Crippen LogP contribution in [-0.4, -0.2) is 21.9 Å². The molecule has 1 unspecified atom stereocenters.